The van der Waals surface area contributed by atoms with Gasteiger partial charge in [0.15, 0.2) is 0 Å². The van der Waals surface area contributed by atoms with Crippen LogP contribution in [0.5, 0.6) is 5.88 Å². The van der Waals surface area contributed by atoms with Crippen LogP contribution in [0, 0.1) is 5.92 Å². The van der Waals surface area contributed by atoms with Gasteiger partial charge in [0, 0.05) is 12.6 Å². The molecule has 1 aliphatic carbocycles. The van der Waals surface area contributed by atoms with Crippen LogP contribution in [-0.4, -0.2) is 18.6 Å². The lowest BCUT2D eigenvalue weighted by molar-refractivity contribution is 0.333. The van der Waals surface area contributed by atoms with E-state index in [-0.39, 0.29) is 0 Å². The number of hydrogen-bond donors (Lipinski definition) is 1. The van der Waals surface area contributed by atoms with Crippen LogP contribution in [0.3, 0.4) is 0 Å². The molecule has 0 bridgehead atoms. The summed E-state index contributed by atoms with van der Waals surface area (Å²) < 4.78 is 4.99. The van der Waals surface area contributed by atoms with E-state index in [1.165, 1.54) is 19.3 Å². The Morgan fingerprint density at radius 2 is 2.36 bits per heavy atom. The highest BCUT2D eigenvalue weighted by Crippen LogP contribution is 2.26. The second kappa shape index (κ2) is 4.31. The van der Waals surface area contributed by atoms with E-state index in [0.717, 1.165) is 18.2 Å². The Morgan fingerprint density at radius 3 is 2.86 bits per heavy atom. The molecule has 1 aromatic heterocycles. The smallest absolute Gasteiger partial charge is 0.213 e. The van der Waals surface area contributed by atoms with Gasteiger partial charge < -0.3 is 10.1 Å². The van der Waals surface area contributed by atoms with Gasteiger partial charge in [0.1, 0.15) is 0 Å². The Kier molecular flexibility index (Phi) is 2.87. The van der Waals surface area contributed by atoms with Crippen molar-refractivity contribution in [2.75, 3.05) is 19.0 Å². The van der Waals surface area contributed by atoms with E-state index in [0.29, 0.717) is 5.88 Å². The molecule has 0 saturated heterocycles. The number of pyridine rings is 1. The molecule has 0 atom stereocenters. The Bertz CT molecular complexity index is 280. The molecule has 0 unspecified atom stereocenters. The van der Waals surface area contributed by atoms with Crippen molar-refractivity contribution < 1.29 is 4.74 Å². The molecule has 14 heavy (non-hydrogen) atoms. The minimum absolute atomic E-state index is 0.666. The highest BCUT2D eigenvalue weighted by Gasteiger charge is 2.16. The van der Waals surface area contributed by atoms with Crippen LogP contribution < -0.4 is 10.1 Å². The average molecular weight is 192 g/mol. The minimum atomic E-state index is 0.666. The molecule has 0 aromatic carbocycles. The molecule has 1 N–H and O–H groups in total. The Morgan fingerprint density at radius 1 is 1.50 bits per heavy atom. The van der Waals surface area contributed by atoms with Crippen molar-refractivity contribution in [1.29, 1.82) is 0 Å². The van der Waals surface area contributed by atoms with Crippen molar-refractivity contribution in [3.05, 3.63) is 18.3 Å². The normalized spacial score (nSPS) is 16.1. The van der Waals surface area contributed by atoms with Gasteiger partial charge >= 0.3 is 0 Å². The molecule has 0 radical (unpaired) electrons. The number of aromatic nitrogens is 1. The molecule has 0 spiro atoms. The van der Waals surface area contributed by atoms with Gasteiger partial charge in [0.25, 0.3) is 0 Å². The van der Waals surface area contributed by atoms with E-state index < -0.39 is 0 Å². The largest absolute Gasteiger partial charge is 0.481 e. The highest BCUT2D eigenvalue weighted by atomic mass is 16.5. The fraction of sp³-hybridized carbons (Fsp3) is 0.545. The highest BCUT2D eigenvalue weighted by molar-refractivity contribution is 5.41. The van der Waals surface area contributed by atoms with Gasteiger partial charge in [-0.3, -0.25) is 0 Å². The van der Waals surface area contributed by atoms with Crippen LogP contribution in [0.15, 0.2) is 18.3 Å². The summed E-state index contributed by atoms with van der Waals surface area (Å²) >= 11 is 0. The first-order valence-electron chi connectivity index (χ1n) is 5.12. The Balaban J connectivity index is 1.83. The minimum Gasteiger partial charge on any atom is -0.481 e. The molecule has 1 aromatic rings. The third-order valence-corrected chi connectivity index (χ3v) is 2.77. The van der Waals surface area contributed by atoms with Crippen LogP contribution in [0.4, 0.5) is 5.69 Å². The number of nitrogens with one attached hydrogen (secondary N) is 1. The molecule has 3 heteroatoms. The number of ether oxygens (including phenoxy) is 1. The summed E-state index contributed by atoms with van der Waals surface area (Å²) in [6.07, 6.45) is 5.96. The molecule has 1 heterocycles. The Labute approximate surface area is 84.5 Å². The van der Waals surface area contributed by atoms with Crippen LogP contribution in [-0.2, 0) is 0 Å². The first kappa shape index (κ1) is 9.31. The molecule has 0 amide bonds. The van der Waals surface area contributed by atoms with Gasteiger partial charge in [-0.2, -0.15) is 0 Å². The van der Waals surface area contributed by atoms with Crippen LogP contribution in [0.25, 0.3) is 0 Å². The number of methoxy groups -OCH3 is 1. The first-order chi connectivity index (χ1) is 6.88. The van der Waals surface area contributed by atoms with Crippen molar-refractivity contribution in [3.8, 4) is 5.88 Å². The second-order valence-electron chi connectivity index (χ2n) is 3.77. The van der Waals surface area contributed by atoms with Crippen molar-refractivity contribution in [3.63, 3.8) is 0 Å². The van der Waals surface area contributed by atoms with E-state index in [2.05, 4.69) is 10.3 Å². The number of rotatable bonds is 4. The third kappa shape index (κ3) is 2.16. The van der Waals surface area contributed by atoms with Crippen molar-refractivity contribution in [1.82, 2.24) is 4.98 Å². The summed E-state index contributed by atoms with van der Waals surface area (Å²) in [6, 6.07) is 3.88. The topological polar surface area (TPSA) is 34.1 Å². The van der Waals surface area contributed by atoms with Gasteiger partial charge in [-0.1, -0.05) is 6.42 Å². The first-order valence-corrected chi connectivity index (χ1v) is 5.12. The lowest BCUT2D eigenvalue weighted by atomic mass is 9.85. The molecular formula is C11H16N2O. The van der Waals surface area contributed by atoms with Gasteiger partial charge in [-0.25, -0.2) is 4.98 Å². The van der Waals surface area contributed by atoms with Gasteiger partial charge in [0.2, 0.25) is 5.88 Å². The Hall–Kier alpha value is -1.25. The lowest BCUT2D eigenvalue weighted by Gasteiger charge is -2.25. The van der Waals surface area contributed by atoms with Gasteiger partial charge in [-0.15, -0.1) is 0 Å². The maximum absolute atomic E-state index is 4.99. The molecule has 1 saturated carbocycles. The fourth-order valence-electron chi connectivity index (χ4n) is 1.56. The zero-order valence-corrected chi connectivity index (χ0v) is 8.49. The van der Waals surface area contributed by atoms with Crippen molar-refractivity contribution in [2.45, 2.75) is 19.3 Å². The summed E-state index contributed by atoms with van der Waals surface area (Å²) in [6.45, 7) is 1.08. The summed E-state index contributed by atoms with van der Waals surface area (Å²) in [5, 5.41) is 3.38. The second-order valence-corrected chi connectivity index (χ2v) is 3.77. The van der Waals surface area contributed by atoms with E-state index in [1.807, 2.05) is 18.3 Å². The number of nitrogens with zero attached hydrogens (tertiary/aromatic N) is 1. The number of hydrogen-bond acceptors (Lipinski definition) is 3. The monoisotopic (exact) mass is 192 g/mol. The standard InChI is InChI=1S/C11H16N2O/c1-14-11-6-5-10(8-13-11)12-7-9-3-2-4-9/h5-6,8-9,12H,2-4,7H2,1H3. The predicted molar refractivity (Wildman–Crippen MR) is 56.6 cm³/mol. The van der Waals surface area contributed by atoms with Gasteiger partial charge in [0.05, 0.1) is 19.0 Å². The number of anilines is 1. The summed E-state index contributed by atoms with van der Waals surface area (Å²) in [5.74, 6) is 1.54. The van der Waals surface area contributed by atoms with Crippen LogP contribution >= 0.6 is 0 Å². The zero-order valence-electron chi connectivity index (χ0n) is 8.49. The SMILES string of the molecule is COc1ccc(NCC2CCC2)cn1. The fourth-order valence-corrected chi connectivity index (χ4v) is 1.56. The van der Waals surface area contributed by atoms with Gasteiger partial charge in [-0.05, 0) is 24.8 Å². The summed E-state index contributed by atoms with van der Waals surface area (Å²) in [4.78, 5) is 4.13. The summed E-state index contributed by atoms with van der Waals surface area (Å²) in [5.41, 5.74) is 1.08. The zero-order chi connectivity index (χ0) is 9.80. The summed E-state index contributed by atoms with van der Waals surface area (Å²) in [7, 11) is 1.63. The molecular weight excluding hydrogens is 176 g/mol. The maximum atomic E-state index is 4.99. The van der Waals surface area contributed by atoms with Crippen molar-refractivity contribution >= 4 is 5.69 Å². The maximum Gasteiger partial charge on any atom is 0.213 e. The molecule has 2 rings (SSSR count). The predicted octanol–water partition coefficient (Wildman–Crippen LogP) is 2.30. The van der Waals surface area contributed by atoms with Crippen LogP contribution in [0.1, 0.15) is 19.3 Å². The van der Waals surface area contributed by atoms with E-state index >= 15 is 0 Å². The molecule has 3 nitrogen and oxygen atoms in total. The molecule has 1 fully saturated rings. The average Bonchev–Trinajstić information content (AvgIpc) is 2.16. The third-order valence-electron chi connectivity index (χ3n) is 2.77. The van der Waals surface area contributed by atoms with E-state index in [1.54, 1.807) is 7.11 Å². The quantitative estimate of drug-likeness (QED) is 0.794. The van der Waals surface area contributed by atoms with Crippen molar-refractivity contribution in [2.24, 2.45) is 5.92 Å². The van der Waals surface area contributed by atoms with E-state index in [9.17, 15) is 0 Å². The molecule has 1 aliphatic rings. The van der Waals surface area contributed by atoms with E-state index in [4.69, 9.17) is 4.74 Å². The molecule has 0 aliphatic heterocycles. The lowest BCUT2D eigenvalue weighted by Crippen LogP contribution is -2.20. The van der Waals surface area contributed by atoms with Crippen LogP contribution in [0.2, 0.25) is 0 Å². The molecule has 76 valence electrons.